The third kappa shape index (κ3) is 15.5. The predicted octanol–water partition coefficient (Wildman–Crippen LogP) is 0.316. The van der Waals surface area contributed by atoms with E-state index in [0.29, 0.717) is 5.56 Å². The number of hydrogen-bond acceptors (Lipinski definition) is 11. The summed E-state index contributed by atoms with van der Waals surface area (Å²) in [6.07, 6.45) is -3.55. The van der Waals surface area contributed by atoms with E-state index in [4.69, 9.17) is 15.9 Å². The van der Waals surface area contributed by atoms with Crippen molar-refractivity contribution in [1.82, 2.24) is 10.6 Å². The van der Waals surface area contributed by atoms with Crippen LogP contribution in [0.15, 0.2) is 30.3 Å². The summed E-state index contributed by atoms with van der Waals surface area (Å²) in [6.45, 7) is 0. The van der Waals surface area contributed by atoms with Crippen LogP contribution in [0.2, 0.25) is 0 Å². The molecule has 8 N–H and O–H groups in total. The van der Waals surface area contributed by atoms with E-state index in [1.54, 1.807) is 18.2 Å². The second-order valence-corrected chi connectivity index (χ2v) is 11.2. The van der Waals surface area contributed by atoms with Gasteiger partial charge in [-0.1, -0.05) is 30.3 Å². The molecular weight excluding hydrogens is 642 g/mol. The van der Waals surface area contributed by atoms with Gasteiger partial charge in [-0.05, 0) is 19.3 Å². The van der Waals surface area contributed by atoms with Gasteiger partial charge in [-0.25, -0.2) is 9.59 Å². The fraction of sp³-hybridized carbons (Fsp3) is 0.500. The van der Waals surface area contributed by atoms with Crippen LogP contribution in [0, 0.1) is 11.8 Å². The molecule has 1 rings (SSSR count). The van der Waals surface area contributed by atoms with Crippen molar-refractivity contribution in [3.05, 3.63) is 35.9 Å². The Morgan fingerprint density at radius 3 is 1.81 bits per heavy atom. The highest BCUT2D eigenvalue weighted by Crippen LogP contribution is 2.17. The standard InChI is InChI=1S/C30H39N3O13S/c31-20(24(36)13-18(14-26(38)39)27(40)33-22(15-47)30(45)46)9-7-19(34)8-10-21(29(43)44)32-25(37)11-6-17(28(41)42)12-23(35)16-4-2-1-3-5-16/h1-5,17-18,20-22,47H,6-15,31H2,(H,32,37)(H,33,40)(H,38,39)(H,41,42)(H,43,44)(H,45,46)/t17-,18+,20+,21-,22+/m1/s1. The number of aliphatic carboxylic acids is 4. The first kappa shape index (κ1) is 40.4. The third-order valence-electron chi connectivity index (χ3n) is 7.13. The van der Waals surface area contributed by atoms with Crippen LogP contribution in [-0.4, -0.2) is 97.3 Å². The molecule has 2 amide bonds. The van der Waals surface area contributed by atoms with Gasteiger partial charge in [0.2, 0.25) is 11.8 Å². The molecule has 0 aliphatic carbocycles. The molecule has 1 aromatic carbocycles. The van der Waals surface area contributed by atoms with Crippen LogP contribution in [0.3, 0.4) is 0 Å². The average Bonchev–Trinajstić information content (AvgIpc) is 3.01. The van der Waals surface area contributed by atoms with Crippen molar-refractivity contribution in [2.45, 2.75) is 75.9 Å². The number of Topliss-reactive ketones (excluding diaryl/α,β-unsaturated/α-hetero) is 3. The third-order valence-corrected chi connectivity index (χ3v) is 7.49. The summed E-state index contributed by atoms with van der Waals surface area (Å²) in [5.41, 5.74) is 6.15. The van der Waals surface area contributed by atoms with Crippen molar-refractivity contribution >= 4 is 65.7 Å². The SMILES string of the molecule is N[C@@H](CCC(=O)CC[C@@H](NC(=O)CC[C@H](CC(=O)c1ccccc1)C(=O)O)C(=O)O)C(=O)C[C@@H](CC(=O)O)C(=O)N[C@@H](CS)C(=O)O. The monoisotopic (exact) mass is 681 g/mol. The van der Waals surface area contributed by atoms with Crippen LogP contribution in [0.5, 0.6) is 0 Å². The first-order chi connectivity index (χ1) is 22.0. The Bertz CT molecular complexity index is 1320. The minimum atomic E-state index is -1.49. The first-order valence-corrected chi connectivity index (χ1v) is 15.2. The number of nitrogens with two attached hydrogens (primary N) is 1. The fourth-order valence-electron chi connectivity index (χ4n) is 4.35. The molecule has 0 saturated carbocycles. The molecule has 0 aliphatic heterocycles. The molecule has 0 bridgehead atoms. The van der Waals surface area contributed by atoms with E-state index in [1.165, 1.54) is 12.1 Å². The Labute approximate surface area is 274 Å². The number of hydrogen-bond donors (Lipinski definition) is 8. The highest BCUT2D eigenvalue weighted by Gasteiger charge is 2.30. The van der Waals surface area contributed by atoms with Crippen molar-refractivity contribution in [2.24, 2.45) is 17.6 Å². The number of carbonyl (C=O) groups is 9. The van der Waals surface area contributed by atoms with Crippen molar-refractivity contribution < 1.29 is 63.6 Å². The first-order valence-electron chi connectivity index (χ1n) is 14.5. The van der Waals surface area contributed by atoms with E-state index < -0.39 is 95.8 Å². The summed E-state index contributed by atoms with van der Waals surface area (Å²) in [4.78, 5) is 108. The molecule has 0 aliphatic rings. The molecule has 16 nitrogen and oxygen atoms in total. The van der Waals surface area contributed by atoms with Gasteiger partial charge >= 0.3 is 23.9 Å². The number of thiol groups is 1. The zero-order valence-electron chi connectivity index (χ0n) is 25.3. The smallest absolute Gasteiger partial charge is 0.327 e. The van der Waals surface area contributed by atoms with Gasteiger partial charge in [0.05, 0.1) is 24.3 Å². The number of ketones is 3. The minimum Gasteiger partial charge on any atom is -0.481 e. The molecule has 5 atom stereocenters. The maximum atomic E-state index is 12.6. The zero-order valence-corrected chi connectivity index (χ0v) is 26.2. The van der Waals surface area contributed by atoms with Crippen LogP contribution >= 0.6 is 12.6 Å². The topological polar surface area (TPSA) is 285 Å². The summed E-state index contributed by atoms with van der Waals surface area (Å²) in [5.74, 6) is -11.9. The lowest BCUT2D eigenvalue weighted by molar-refractivity contribution is -0.144. The highest BCUT2D eigenvalue weighted by atomic mass is 32.1. The fourth-order valence-corrected chi connectivity index (χ4v) is 4.60. The van der Waals surface area contributed by atoms with Crippen LogP contribution in [0.1, 0.15) is 68.1 Å². The van der Waals surface area contributed by atoms with Crippen LogP contribution in [0.4, 0.5) is 0 Å². The predicted molar refractivity (Wildman–Crippen MR) is 166 cm³/mol. The van der Waals surface area contributed by atoms with E-state index in [2.05, 4.69) is 23.3 Å². The zero-order chi connectivity index (χ0) is 35.7. The molecule has 0 radical (unpaired) electrons. The van der Waals surface area contributed by atoms with Gasteiger partial charge in [0.25, 0.3) is 0 Å². The number of benzene rings is 1. The van der Waals surface area contributed by atoms with E-state index in [9.17, 15) is 53.4 Å². The molecule has 47 heavy (non-hydrogen) atoms. The number of carbonyl (C=O) groups excluding carboxylic acids is 5. The number of amides is 2. The van der Waals surface area contributed by atoms with E-state index >= 15 is 0 Å². The van der Waals surface area contributed by atoms with E-state index in [-0.39, 0.29) is 50.7 Å². The molecule has 0 aromatic heterocycles. The quantitative estimate of drug-likeness (QED) is 0.0539. The van der Waals surface area contributed by atoms with E-state index in [0.717, 1.165) is 0 Å². The molecule has 0 unspecified atom stereocenters. The van der Waals surface area contributed by atoms with Gasteiger partial charge in [-0.2, -0.15) is 12.6 Å². The van der Waals surface area contributed by atoms with E-state index in [1.807, 2.05) is 0 Å². The molecule has 0 fully saturated rings. The molecule has 1 aromatic rings. The Hall–Kier alpha value is -4.64. The summed E-state index contributed by atoms with van der Waals surface area (Å²) in [5, 5.41) is 41.5. The Kier molecular flexibility index (Phi) is 17.6. The van der Waals surface area contributed by atoms with Gasteiger partial charge in [0, 0.05) is 43.4 Å². The maximum absolute atomic E-state index is 12.6. The number of carboxylic acid groups (broad SMARTS) is 4. The van der Waals surface area contributed by atoms with Gasteiger partial charge < -0.3 is 36.8 Å². The average molecular weight is 682 g/mol. The van der Waals surface area contributed by atoms with Crippen molar-refractivity contribution in [1.29, 1.82) is 0 Å². The minimum absolute atomic E-state index is 0.212. The number of nitrogens with one attached hydrogen (secondary N) is 2. The van der Waals surface area contributed by atoms with Crippen molar-refractivity contribution in [2.75, 3.05) is 5.75 Å². The molecule has 17 heteroatoms. The lowest BCUT2D eigenvalue weighted by atomic mass is 9.92. The summed E-state index contributed by atoms with van der Waals surface area (Å²) >= 11 is 3.80. The second kappa shape index (κ2) is 20.5. The molecule has 0 saturated heterocycles. The Morgan fingerprint density at radius 2 is 1.28 bits per heavy atom. The van der Waals surface area contributed by atoms with Crippen molar-refractivity contribution in [3.8, 4) is 0 Å². The number of carboxylic acids is 4. The number of rotatable bonds is 24. The lowest BCUT2D eigenvalue weighted by Gasteiger charge is -2.19. The van der Waals surface area contributed by atoms with Crippen LogP contribution < -0.4 is 16.4 Å². The summed E-state index contributed by atoms with van der Waals surface area (Å²) in [7, 11) is 0. The normalized spacial score (nSPS) is 14.0. The maximum Gasteiger partial charge on any atom is 0.327 e. The van der Waals surface area contributed by atoms with Crippen LogP contribution in [0.25, 0.3) is 0 Å². The van der Waals surface area contributed by atoms with Crippen molar-refractivity contribution in [3.63, 3.8) is 0 Å². The second-order valence-electron chi connectivity index (χ2n) is 10.8. The Morgan fingerprint density at radius 1 is 0.681 bits per heavy atom. The molecule has 0 heterocycles. The van der Waals surface area contributed by atoms with Gasteiger partial charge in [-0.15, -0.1) is 0 Å². The van der Waals surface area contributed by atoms with Gasteiger partial charge in [0.1, 0.15) is 23.7 Å². The summed E-state index contributed by atoms with van der Waals surface area (Å²) < 4.78 is 0. The van der Waals surface area contributed by atoms with Gasteiger partial charge in [-0.3, -0.25) is 33.6 Å². The highest BCUT2D eigenvalue weighted by molar-refractivity contribution is 7.80. The van der Waals surface area contributed by atoms with Gasteiger partial charge in [0.15, 0.2) is 5.78 Å². The summed E-state index contributed by atoms with van der Waals surface area (Å²) in [6, 6.07) is 3.81. The van der Waals surface area contributed by atoms with Crippen LogP contribution in [-0.2, 0) is 38.4 Å². The largest absolute Gasteiger partial charge is 0.481 e. The molecular formula is C30H39N3O13S. The molecule has 0 spiro atoms. The Balaban J connectivity index is 2.61. The molecule has 258 valence electrons. The lowest BCUT2D eigenvalue weighted by Crippen LogP contribution is -2.46.